The van der Waals surface area contributed by atoms with E-state index in [2.05, 4.69) is 4.72 Å². The van der Waals surface area contributed by atoms with E-state index in [1.165, 1.54) is 12.1 Å². The number of nitrogens with one attached hydrogen (secondary N) is 1. The summed E-state index contributed by atoms with van der Waals surface area (Å²) in [7, 11) is -4.23. The minimum Gasteiger partial charge on any atom is -0.448 e. The van der Waals surface area contributed by atoms with Crippen molar-refractivity contribution in [3.05, 3.63) is 34.4 Å². The van der Waals surface area contributed by atoms with Gasteiger partial charge in [0.2, 0.25) is 10.0 Å². The van der Waals surface area contributed by atoms with Crippen LogP contribution in [0.3, 0.4) is 0 Å². The highest BCUT2D eigenvalue weighted by Crippen LogP contribution is 2.23. The zero-order chi connectivity index (χ0) is 21.2. The second-order valence-electron chi connectivity index (χ2n) is 6.40. The lowest BCUT2D eigenvalue weighted by Crippen LogP contribution is -2.39. The number of rotatable bonds is 13. The number of carbonyl (C=O) groups excluding carboxylic acids is 1. The van der Waals surface area contributed by atoms with Crippen LogP contribution in [0.1, 0.15) is 45.4 Å². The maximum atomic E-state index is 12.6. The number of nitro benzene ring substituents is 1. The number of primary amides is 1. The molecule has 158 valence electrons. The van der Waals surface area contributed by atoms with Gasteiger partial charge in [-0.15, -0.1) is 0 Å². The van der Waals surface area contributed by atoms with Crippen LogP contribution in [0.2, 0.25) is 0 Å². The van der Waals surface area contributed by atoms with Gasteiger partial charge in [-0.25, -0.2) is 17.9 Å². The molecule has 1 amide bonds. The molecule has 0 aliphatic heterocycles. The third kappa shape index (κ3) is 8.19. The number of nitrogens with zero attached hydrogens (tertiary/aromatic N) is 1. The number of aliphatic hydroxyl groups is 1. The van der Waals surface area contributed by atoms with Crippen molar-refractivity contribution in [1.82, 2.24) is 4.72 Å². The molecule has 0 saturated carbocycles. The largest absolute Gasteiger partial charge is 0.448 e. The molecule has 0 spiro atoms. The standard InChI is InChI=1S/C17H27N3O7S/c1-2-3-8-14(21)9-6-7-13(12-27-17(18)22)19-28(25,26)16-11-5-4-10-15(16)20(23)24/h4-5,10-11,13-14,19,21H,2-3,6-9,12H2,1H3,(H2,18,22). The average molecular weight is 417 g/mol. The van der Waals surface area contributed by atoms with Crippen molar-refractivity contribution < 1.29 is 28.0 Å². The lowest BCUT2D eigenvalue weighted by molar-refractivity contribution is -0.387. The Kier molecular flexibility index (Phi) is 9.83. The number of carbonyl (C=O) groups is 1. The van der Waals surface area contributed by atoms with Gasteiger partial charge in [-0.05, 0) is 31.7 Å². The first-order valence-corrected chi connectivity index (χ1v) is 10.5. The third-order valence-corrected chi connectivity index (χ3v) is 5.65. The summed E-state index contributed by atoms with van der Waals surface area (Å²) in [6.45, 7) is 1.70. The fourth-order valence-electron chi connectivity index (χ4n) is 2.66. The Morgan fingerprint density at radius 3 is 2.54 bits per heavy atom. The summed E-state index contributed by atoms with van der Waals surface area (Å²) >= 11 is 0. The average Bonchev–Trinajstić information content (AvgIpc) is 2.64. The van der Waals surface area contributed by atoms with E-state index in [1.807, 2.05) is 6.92 Å². The van der Waals surface area contributed by atoms with Gasteiger partial charge in [-0.2, -0.15) is 0 Å². The third-order valence-electron chi connectivity index (χ3n) is 4.08. The molecular formula is C17H27N3O7S. The van der Waals surface area contributed by atoms with Gasteiger partial charge in [-0.1, -0.05) is 31.9 Å². The Labute approximate surface area is 164 Å². The minimum atomic E-state index is -4.23. The van der Waals surface area contributed by atoms with Crippen LogP contribution in [-0.2, 0) is 14.8 Å². The molecule has 1 aromatic rings. The van der Waals surface area contributed by atoms with E-state index in [-0.39, 0.29) is 13.0 Å². The number of nitro groups is 1. The van der Waals surface area contributed by atoms with Crippen LogP contribution in [0.25, 0.3) is 0 Å². The van der Waals surface area contributed by atoms with Crippen LogP contribution >= 0.6 is 0 Å². The number of aliphatic hydroxyl groups excluding tert-OH is 1. The van der Waals surface area contributed by atoms with Crippen LogP contribution in [0, 0.1) is 10.1 Å². The number of nitrogens with two attached hydrogens (primary N) is 1. The topological polar surface area (TPSA) is 162 Å². The van der Waals surface area contributed by atoms with Gasteiger partial charge in [0.1, 0.15) is 6.61 Å². The lowest BCUT2D eigenvalue weighted by Gasteiger charge is -2.19. The van der Waals surface area contributed by atoms with Crippen molar-refractivity contribution in [3.8, 4) is 0 Å². The molecule has 2 unspecified atom stereocenters. The summed E-state index contributed by atoms with van der Waals surface area (Å²) in [4.78, 5) is 20.7. The van der Waals surface area contributed by atoms with Crippen LogP contribution in [0.4, 0.5) is 10.5 Å². The summed E-state index contributed by atoms with van der Waals surface area (Å²) in [6, 6.07) is 4.12. The molecule has 28 heavy (non-hydrogen) atoms. The summed E-state index contributed by atoms with van der Waals surface area (Å²) in [6.07, 6.45) is 2.14. The van der Waals surface area contributed by atoms with Crippen LogP contribution in [0.15, 0.2) is 29.2 Å². The van der Waals surface area contributed by atoms with E-state index in [9.17, 15) is 28.4 Å². The molecule has 1 rings (SSSR count). The van der Waals surface area contributed by atoms with E-state index in [4.69, 9.17) is 10.5 Å². The van der Waals surface area contributed by atoms with E-state index < -0.39 is 43.8 Å². The van der Waals surface area contributed by atoms with Gasteiger partial charge >= 0.3 is 6.09 Å². The highest BCUT2D eigenvalue weighted by molar-refractivity contribution is 7.89. The first kappa shape index (κ1) is 23.8. The normalized spacial score (nSPS) is 13.6. The first-order chi connectivity index (χ1) is 13.2. The highest BCUT2D eigenvalue weighted by Gasteiger charge is 2.28. The van der Waals surface area contributed by atoms with Crippen molar-refractivity contribution in [3.63, 3.8) is 0 Å². The lowest BCUT2D eigenvalue weighted by atomic mass is 10.0. The molecule has 0 fully saturated rings. The van der Waals surface area contributed by atoms with Crippen LogP contribution in [0.5, 0.6) is 0 Å². The Balaban J connectivity index is 2.84. The zero-order valence-corrected chi connectivity index (χ0v) is 16.6. The fraction of sp³-hybridized carbons (Fsp3) is 0.588. The Hall–Kier alpha value is -2.24. The molecule has 0 aromatic heterocycles. The summed E-state index contributed by atoms with van der Waals surface area (Å²) in [5, 5.41) is 21.0. The van der Waals surface area contributed by atoms with Gasteiger partial charge in [0.15, 0.2) is 4.90 Å². The maximum Gasteiger partial charge on any atom is 0.404 e. The predicted molar refractivity (Wildman–Crippen MR) is 102 cm³/mol. The smallest absolute Gasteiger partial charge is 0.404 e. The number of ether oxygens (including phenoxy) is 1. The second-order valence-corrected chi connectivity index (χ2v) is 8.08. The Morgan fingerprint density at radius 2 is 1.93 bits per heavy atom. The van der Waals surface area contributed by atoms with Gasteiger partial charge in [0.25, 0.3) is 5.69 Å². The SMILES string of the molecule is CCCCC(O)CCCC(COC(N)=O)NS(=O)(=O)c1ccccc1[N+](=O)[O-]. The molecule has 1 aromatic carbocycles. The number of hydrogen-bond donors (Lipinski definition) is 3. The highest BCUT2D eigenvalue weighted by atomic mass is 32.2. The van der Waals surface area contributed by atoms with E-state index >= 15 is 0 Å². The van der Waals surface area contributed by atoms with Crippen molar-refractivity contribution in [2.75, 3.05) is 6.61 Å². The quantitative estimate of drug-likeness (QED) is 0.327. The molecule has 11 heteroatoms. The maximum absolute atomic E-state index is 12.6. The number of hydrogen-bond acceptors (Lipinski definition) is 7. The molecule has 0 aliphatic rings. The van der Waals surface area contributed by atoms with Gasteiger partial charge < -0.3 is 15.6 Å². The Bertz CT molecular complexity index is 755. The molecule has 4 N–H and O–H groups in total. The summed E-state index contributed by atoms with van der Waals surface area (Å²) in [5.41, 5.74) is 4.39. The molecule has 0 radical (unpaired) electrons. The molecule has 0 bridgehead atoms. The molecule has 0 heterocycles. The van der Waals surface area contributed by atoms with Gasteiger partial charge in [0.05, 0.1) is 17.1 Å². The number of unbranched alkanes of at least 4 members (excludes halogenated alkanes) is 1. The fourth-order valence-corrected chi connectivity index (χ4v) is 4.09. The first-order valence-electron chi connectivity index (χ1n) is 9.03. The molecule has 0 aliphatic carbocycles. The second kappa shape index (κ2) is 11.6. The summed E-state index contributed by atoms with van der Waals surface area (Å²) in [5.74, 6) is 0. The monoisotopic (exact) mass is 417 g/mol. The summed E-state index contributed by atoms with van der Waals surface area (Å²) < 4.78 is 32.3. The predicted octanol–water partition coefficient (Wildman–Crippen LogP) is 2.06. The van der Waals surface area contributed by atoms with Gasteiger partial charge in [0, 0.05) is 6.07 Å². The van der Waals surface area contributed by atoms with E-state index in [0.29, 0.717) is 19.3 Å². The van der Waals surface area contributed by atoms with Gasteiger partial charge in [-0.3, -0.25) is 10.1 Å². The molecule has 10 nitrogen and oxygen atoms in total. The van der Waals surface area contributed by atoms with Crippen molar-refractivity contribution in [2.24, 2.45) is 5.73 Å². The molecular weight excluding hydrogens is 390 g/mol. The van der Waals surface area contributed by atoms with Crippen molar-refractivity contribution in [2.45, 2.75) is 62.5 Å². The zero-order valence-electron chi connectivity index (χ0n) is 15.7. The molecule has 0 saturated heterocycles. The van der Waals surface area contributed by atoms with Crippen molar-refractivity contribution in [1.29, 1.82) is 0 Å². The van der Waals surface area contributed by atoms with Crippen molar-refractivity contribution >= 4 is 21.8 Å². The van der Waals surface area contributed by atoms with Crippen LogP contribution in [-0.4, -0.2) is 43.3 Å². The minimum absolute atomic E-state index is 0.260. The Morgan fingerprint density at radius 1 is 1.29 bits per heavy atom. The number of para-hydroxylation sites is 1. The number of benzene rings is 1. The van der Waals surface area contributed by atoms with E-state index in [0.717, 1.165) is 25.0 Å². The van der Waals surface area contributed by atoms with E-state index in [1.54, 1.807) is 0 Å². The number of sulfonamides is 1. The van der Waals surface area contributed by atoms with Crippen LogP contribution < -0.4 is 10.5 Å². The molecule has 2 atom stereocenters. The number of amides is 1.